The molecule has 0 radical (unpaired) electrons. The van der Waals surface area contributed by atoms with Gasteiger partial charge in [-0.05, 0) is 36.6 Å². The summed E-state index contributed by atoms with van der Waals surface area (Å²) in [6.45, 7) is 5.44. The summed E-state index contributed by atoms with van der Waals surface area (Å²) in [6, 6.07) is 9.23. The van der Waals surface area contributed by atoms with Crippen molar-refractivity contribution in [2.75, 3.05) is 0 Å². The summed E-state index contributed by atoms with van der Waals surface area (Å²) in [5.41, 5.74) is 2.45. The van der Waals surface area contributed by atoms with Gasteiger partial charge in [0.2, 0.25) is 5.88 Å². The van der Waals surface area contributed by atoms with E-state index >= 15 is 0 Å². The predicted octanol–water partition coefficient (Wildman–Crippen LogP) is 4.95. The lowest BCUT2D eigenvalue weighted by atomic mass is 10.0. The zero-order valence-electron chi connectivity index (χ0n) is 14.5. The van der Waals surface area contributed by atoms with Gasteiger partial charge in [-0.25, -0.2) is 9.97 Å². The molecular formula is C20H20N2O3. The number of aromatic nitrogens is 2. The zero-order valence-corrected chi connectivity index (χ0v) is 14.5. The number of aryl methyl sites for hydroxylation is 1. The number of allylic oxidation sites excluding steroid dienone is 1. The van der Waals surface area contributed by atoms with Gasteiger partial charge in [-0.15, -0.1) is 0 Å². The van der Waals surface area contributed by atoms with Crippen molar-refractivity contribution in [3.05, 3.63) is 54.1 Å². The number of hydrogen-bond acceptors (Lipinski definition) is 5. The minimum Gasteiger partial charge on any atom is -0.441 e. The number of hydrogen-bond donors (Lipinski definition) is 0. The molecule has 2 heterocycles. The van der Waals surface area contributed by atoms with Crippen molar-refractivity contribution in [1.82, 2.24) is 9.97 Å². The van der Waals surface area contributed by atoms with E-state index < -0.39 is 0 Å². The molecule has 1 aromatic carbocycles. The Balaban J connectivity index is 1.67. The quantitative estimate of drug-likeness (QED) is 0.637. The molecule has 0 aliphatic rings. The van der Waals surface area contributed by atoms with Crippen molar-refractivity contribution < 1.29 is 13.9 Å². The Bertz CT molecular complexity index is 910. The maximum Gasteiger partial charge on any atom is 0.219 e. The Hall–Kier alpha value is -2.95. The van der Waals surface area contributed by atoms with Crippen LogP contribution in [0.1, 0.15) is 31.7 Å². The topological polar surface area (TPSA) is 65.2 Å². The van der Waals surface area contributed by atoms with Gasteiger partial charge in [0.1, 0.15) is 17.0 Å². The third kappa shape index (κ3) is 4.53. The molecule has 0 aliphatic heterocycles. The molecule has 0 amide bonds. The molecule has 0 unspecified atom stereocenters. The number of rotatable bonds is 6. The molecule has 5 heteroatoms. The number of benzene rings is 1. The second kappa shape index (κ2) is 7.30. The first-order chi connectivity index (χ1) is 12.0. The zero-order chi connectivity index (χ0) is 17.8. The van der Waals surface area contributed by atoms with Gasteiger partial charge in [0.25, 0.3) is 0 Å². The van der Waals surface area contributed by atoms with Crippen molar-refractivity contribution in [2.24, 2.45) is 5.92 Å². The summed E-state index contributed by atoms with van der Waals surface area (Å²) in [6.07, 6.45) is 6.27. The van der Waals surface area contributed by atoms with Crippen molar-refractivity contribution in [3.8, 4) is 11.6 Å². The molecule has 5 nitrogen and oxygen atoms in total. The summed E-state index contributed by atoms with van der Waals surface area (Å²) >= 11 is 0. The van der Waals surface area contributed by atoms with E-state index in [0.29, 0.717) is 29.5 Å². The molecule has 0 fully saturated rings. The number of pyridine rings is 1. The normalized spacial score (nSPS) is 12.6. The van der Waals surface area contributed by atoms with Crippen LogP contribution < -0.4 is 4.74 Å². The molecule has 25 heavy (non-hydrogen) atoms. The van der Waals surface area contributed by atoms with Crippen molar-refractivity contribution in [2.45, 2.75) is 27.2 Å². The number of ketones is 1. The highest BCUT2D eigenvalue weighted by atomic mass is 16.5. The van der Waals surface area contributed by atoms with E-state index in [0.717, 1.165) is 11.1 Å². The van der Waals surface area contributed by atoms with Crippen LogP contribution in [-0.2, 0) is 4.79 Å². The molecule has 0 aliphatic carbocycles. The van der Waals surface area contributed by atoms with Crippen molar-refractivity contribution in [1.29, 1.82) is 0 Å². The van der Waals surface area contributed by atoms with Crippen LogP contribution >= 0.6 is 0 Å². The number of oxazole rings is 1. The molecule has 0 saturated heterocycles. The highest BCUT2D eigenvalue weighted by Gasteiger charge is 2.05. The van der Waals surface area contributed by atoms with Crippen LogP contribution in [0.25, 0.3) is 17.2 Å². The van der Waals surface area contributed by atoms with E-state index in [1.807, 2.05) is 50.3 Å². The lowest BCUT2D eigenvalue weighted by Crippen LogP contribution is -1.97. The highest BCUT2D eigenvalue weighted by Crippen LogP contribution is 2.25. The van der Waals surface area contributed by atoms with Gasteiger partial charge in [-0.2, -0.15) is 0 Å². The van der Waals surface area contributed by atoms with E-state index in [-0.39, 0.29) is 11.7 Å². The Morgan fingerprint density at radius 3 is 2.88 bits per heavy atom. The summed E-state index contributed by atoms with van der Waals surface area (Å²) < 4.78 is 11.3. The lowest BCUT2D eigenvalue weighted by molar-refractivity contribution is -0.117. The Morgan fingerprint density at radius 2 is 2.16 bits per heavy atom. The predicted molar refractivity (Wildman–Crippen MR) is 96.6 cm³/mol. The molecule has 0 N–H and O–H groups in total. The average molecular weight is 336 g/mol. The molecular weight excluding hydrogens is 316 g/mol. The van der Waals surface area contributed by atoms with Gasteiger partial charge < -0.3 is 13.9 Å². The third-order valence-corrected chi connectivity index (χ3v) is 3.68. The molecule has 3 rings (SSSR count). The van der Waals surface area contributed by atoms with Crippen LogP contribution in [0.5, 0.6) is 11.6 Å². The molecule has 128 valence electrons. The van der Waals surface area contributed by atoms with Crippen LogP contribution in [0.2, 0.25) is 0 Å². The van der Waals surface area contributed by atoms with Gasteiger partial charge in [-0.3, -0.25) is 0 Å². The van der Waals surface area contributed by atoms with Crippen LogP contribution in [0.3, 0.4) is 0 Å². The van der Waals surface area contributed by atoms with E-state index in [1.54, 1.807) is 19.2 Å². The largest absolute Gasteiger partial charge is 0.441 e. The van der Waals surface area contributed by atoms with E-state index in [1.165, 1.54) is 0 Å². The number of carbonyl (C=O) groups excluding carboxylic acids is 1. The molecule has 0 bridgehead atoms. The SMILES string of the molecule is CC(=O)C[C@@H](C)/C=C/c1ccc(Oc2ccc3nc(C)oc3c2)nc1. The van der Waals surface area contributed by atoms with Gasteiger partial charge in [-0.1, -0.05) is 19.1 Å². The molecule has 2 aromatic heterocycles. The lowest BCUT2D eigenvalue weighted by Gasteiger charge is -2.05. The maximum atomic E-state index is 11.1. The molecule has 0 spiro atoms. The van der Waals surface area contributed by atoms with Crippen molar-refractivity contribution in [3.63, 3.8) is 0 Å². The monoisotopic (exact) mass is 336 g/mol. The smallest absolute Gasteiger partial charge is 0.219 e. The fourth-order valence-corrected chi connectivity index (χ4v) is 2.55. The molecule has 3 aromatic rings. The number of carbonyl (C=O) groups is 1. The average Bonchev–Trinajstić information content (AvgIpc) is 2.93. The second-order valence-electron chi connectivity index (χ2n) is 6.14. The summed E-state index contributed by atoms with van der Waals surface area (Å²) in [5, 5.41) is 0. The van der Waals surface area contributed by atoms with Gasteiger partial charge in [0.15, 0.2) is 11.5 Å². The van der Waals surface area contributed by atoms with Gasteiger partial charge in [0, 0.05) is 31.7 Å². The van der Waals surface area contributed by atoms with Crippen LogP contribution in [-0.4, -0.2) is 15.8 Å². The fourth-order valence-electron chi connectivity index (χ4n) is 2.55. The van der Waals surface area contributed by atoms with Crippen LogP contribution in [0.4, 0.5) is 0 Å². The number of fused-ring (bicyclic) bond motifs is 1. The minimum atomic E-state index is 0.193. The van der Waals surface area contributed by atoms with Gasteiger partial charge >= 0.3 is 0 Å². The summed E-state index contributed by atoms with van der Waals surface area (Å²) in [7, 11) is 0. The van der Waals surface area contributed by atoms with E-state index in [2.05, 4.69) is 9.97 Å². The minimum absolute atomic E-state index is 0.193. The first-order valence-electron chi connectivity index (χ1n) is 8.18. The van der Waals surface area contributed by atoms with E-state index in [4.69, 9.17) is 9.15 Å². The van der Waals surface area contributed by atoms with Crippen LogP contribution in [0, 0.1) is 12.8 Å². The number of Topliss-reactive ketones (excluding diaryl/α,β-unsaturated/α-hetero) is 1. The van der Waals surface area contributed by atoms with E-state index in [9.17, 15) is 4.79 Å². The first-order valence-corrected chi connectivity index (χ1v) is 8.18. The molecule has 0 saturated carbocycles. The summed E-state index contributed by atoms with van der Waals surface area (Å²) in [5.74, 6) is 2.18. The number of nitrogens with zero attached hydrogens (tertiary/aromatic N) is 2. The Morgan fingerprint density at radius 1 is 1.32 bits per heavy atom. The standard InChI is InChI=1S/C20H20N2O3/c1-13(10-14(2)23)4-5-16-6-9-20(21-12-16)25-17-7-8-18-19(11-17)24-15(3)22-18/h4-9,11-13H,10H2,1-3H3/b5-4+/t13-/m0/s1. The van der Waals surface area contributed by atoms with Crippen LogP contribution in [0.15, 0.2) is 47.0 Å². The summed E-state index contributed by atoms with van der Waals surface area (Å²) in [4.78, 5) is 19.7. The second-order valence-corrected chi connectivity index (χ2v) is 6.14. The number of ether oxygens (including phenoxy) is 1. The fraction of sp³-hybridized carbons (Fsp3) is 0.250. The van der Waals surface area contributed by atoms with Gasteiger partial charge in [0.05, 0.1) is 0 Å². The highest BCUT2D eigenvalue weighted by molar-refractivity contribution is 5.76. The van der Waals surface area contributed by atoms with Crippen molar-refractivity contribution >= 4 is 23.0 Å². The Kier molecular flexibility index (Phi) is 4.93. The Labute approximate surface area is 146 Å². The maximum absolute atomic E-state index is 11.1. The third-order valence-electron chi connectivity index (χ3n) is 3.68. The molecule has 1 atom stereocenters. The first kappa shape index (κ1) is 16.9.